The van der Waals surface area contributed by atoms with Crippen LogP contribution in [0.1, 0.15) is 50.2 Å². The highest BCUT2D eigenvalue weighted by atomic mass is 19.3. The summed E-state index contributed by atoms with van der Waals surface area (Å²) < 4.78 is 32.3. The highest BCUT2D eigenvalue weighted by Crippen LogP contribution is 2.34. The summed E-state index contributed by atoms with van der Waals surface area (Å²) in [6, 6.07) is 7.58. The van der Waals surface area contributed by atoms with Crippen molar-refractivity contribution >= 4 is 29.2 Å². The molecule has 206 valence electrons. The largest absolute Gasteiger partial charge is 0.449 e. The van der Waals surface area contributed by atoms with Gasteiger partial charge in [0.2, 0.25) is 5.95 Å². The maximum Gasteiger partial charge on any atom is 0.409 e. The lowest BCUT2D eigenvalue weighted by Crippen LogP contribution is -2.52. The number of carbonyl (C=O) groups is 1. The number of anilines is 4. The number of hydrogen-bond donors (Lipinski definition) is 2. The van der Waals surface area contributed by atoms with Crippen molar-refractivity contribution in [1.82, 2.24) is 19.8 Å². The summed E-state index contributed by atoms with van der Waals surface area (Å²) in [6.07, 6.45) is 2.85. The van der Waals surface area contributed by atoms with Crippen molar-refractivity contribution in [2.45, 2.75) is 57.5 Å². The molecule has 3 aliphatic rings. The van der Waals surface area contributed by atoms with Crippen LogP contribution in [0.4, 0.5) is 36.7 Å². The molecule has 0 radical (unpaired) electrons. The Balaban J connectivity index is 1.25. The van der Waals surface area contributed by atoms with E-state index in [1.54, 1.807) is 4.90 Å². The summed E-state index contributed by atoms with van der Waals surface area (Å²) in [5.74, 6) is 0.359. The molecular formula is C27H37F2N7O2. The minimum atomic E-state index is -2.70. The van der Waals surface area contributed by atoms with Gasteiger partial charge in [0.25, 0.3) is 6.43 Å². The number of ether oxygens (including phenoxy) is 1. The normalized spacial score (nSPS) is 21.7. The average Bonchev–Trinajstić information content (AvgIpc) is 3.11. The van der Waals surface area contributed by atoms with Crippen molar-refractivity contribution in [1.29, 1.82) is 0 Å². The molecule has 1 amide bonds. The fourth-order valence-corrected chi connectivity index (χ4v) is 5.67. The monoisotopic (exact) mass is 529 g/mol. The van der Waals surface area contributed by atoms with Crippen molar-refractivity contribution in [2.24, 2.45) is 0 Å². The number of cyclic esters (lactones) is 1. The standard InChI is InChI=1S/C27H37F2N7O2/c1-3-18-14-19(36-16-20-6-7-21(17-36)34(20)2)8-9-23(18)32-26-31-15-22(24(28)29)25(33-26)30-10-4-11-35-12-5-13-38-27(35)37/h8-9,14-15,20-21,24H,3-7,10-13,16-17H2,1-2H3,(H2,30,31,32,33)/t20-,21+. The Morgan fingerprint density at radius 1 is 1.21 bits per heavy atom. The second-order valence-corrected chi connectivity index (χ2v) is 10.3. The quantitative estimate of drug-likeness (QED) is 0.431. The number of hydrogen-bond acceptors (Lipinski definition) is 8. The predicted octanol–water partition coefficient (Wildman–Crippen LogP) is 4.65. The third-order valence-electron chi connectivity index (χ3n) is 7.93. The number of rotatable bonds is 10. The molecule has 1 aromatic carbocycles. The zero-order valence-electron chi connectivity index (χ0n) is 22.1. The van der Waals surface area contributed by atoms with Crippen LogP contribution in [0, 0.1) is 0 Å². The zero-order chi connectivity index (χ0) is 26.6. The summed E-state index contributed by atoms with van der Waals surface area (Å²) in [5, 5.41) is 6.25. The number of piperazine rings is 1. The van der Waals surface area contributed by atoms with Gasteiger partial charge in [-0.1, -0.05) is 6.92 Å². The van der Waals surface area contributed by atoms with Gasteiger partial charge < -0.3 is 25.2 Å². The lowest BCUT2D eigenvalue weighted by atomic mass is 10.1. The van der Waals surface area contributed by atoms with Gasteiger partial charge in [0.1, 0.15) is 5.82 Å². The van der Waals surface area contributed by atoms with Gasteiger partial charge in [0.15, 0.2) is 0 Å². The maximum absolute atomic E-state index is 13.6. The van der Waals surface area contributed by atoms with E-state index in [0.717, 1.165) is 37.2 Å². The number of nitrogens with zero attached hydrogens (tertiary/aromatic N) is 5. The molecule has 3 aliphatic heterocycles. The number of likely N-dealkylation sites (N-methyl/N-ethyl adjacent to an activating group) is 1. The molecule has 2 aromatic rings. The minimum absolute atomic E-state index is 0.0984. The molecule has 3 fully saturated rings. The van der Waals surface area contributed by atoms with Crippen LogP contribution in [-0.4, -0.2) is 84.3 Å². The topological polar surface area (TPSA) is 85.9 Å². The third kappa shape index (κ3) is 5.77. The highest BCUT2D eigenvalue weighted by Gasteiger charge is 2.37. The van der Waals surface area contributed by atoms with Gasteiger partial charge in [0, 0.05) is 62.4 Å². The number of benzene rings is 1. The number of nitrogens with one attached hydrogen (secondary N) is 2. The summed E-state index contributed by atoms with van der Waals surface area (Å²) in [6.45, 7) is 6.15. The third-order valence-corrected chi connectivity index (χ3v) is 7.93. The van der Waals surface area contributed by atoms with Gasteiger partial charge in [-0.05, 0) is 62.9 Å². The van der Waals surface area contributed by atoms with E-state index in [1.165, 1.54) is 24.7 Å². The van der Waals surface area contributed by atoms with Crippen molar-refractivity contribution in [3.63, 3.8) is 0 Å². The number of aromatic nitrogens is 2. The summed E-state index contributed by atoms with van der Waals surface area (Å²) in [4.78, 5) is 26.9. The first-order valence-corrected chi connectivity index (χ1v) is 13.6. The van der Waals surface area contributed by atoms with E-state index < -0.39 is 6.43 Å². The summed E-state index contributed by atoms with van der Waals surface area (Å²) in [7, 11) is 2.23. The van der Waals surface area contributed by atoms with E-state index in [1.807, 2.05) is 6.07 Å². The van der Waals surface area contributed by atoms with Crippen LogP contribution in [0.5, 0.6) is 0 Å². The number of fused-ring (bicyclic) bond motifs is 2. The van der Waals surface area contributed by atoms with E-state index in [-0.39, 0.29) is 23.4 Å². The van der Waals surface area contributed by atoms with E-state index >= 15 is 0 Å². The van der Waals surface area contributed by atoms with Gasteiger partial charge in [-0.15, -0.1) is 0 Å². The fourth-order valence-electron chi connectivity index (χ4n) is 5.67. The van der Waals surface area contributed by atoms with Crippen LogP contribution in [0.3, 0.4) is 0 Å². The first-order chi connectivity index (χ1) is 18.4. The molecule has 0 unspecified atom stereocenters. The van der Waals surface area contributed by atoms with Crippen LogP contribution in [-0.2, 0) is 11.2 Å². The molecule has 38 heavy (non-hydrogen) atoms. The van der Waals surface area contributed by atoms with Gasteiger partial charge in [0.05, 0.1) is 12.2 Å². The Labute approximate surface area is 222 Å². The van der Waals surface area contributed by atoms with Crippen LogP contribution < -0.4 is 15.5 Å². The van der Waals surface area contributed by atoms with Crippen molar-refractivity contribution in [3.05, 3.63) is 35.5 Å². The van der Waals surface area contributed by atoms with Crippen molar-refractivity contribution in [3.8, 4) is 0 Å². The molecule has 2 N–H and O–H groups in total. The molecular weight excluding hydrogens is 492 g/mol. The lowest BCUT2D eigenvalue weighted by molar-refractivity contribution is 0.0729. The molecule has 0 saturated carbocycles. The Hall–Kier alpha value is -3.21. The zero-order valence-corrected chi connectivity index (χ0v) is 22.1. The Morgan fingerprint density at radius 2 is 2.00 bits per heavy atom. The average molecular weight is 530 g/mol. The Kier molecular flexibility index (Phi) is 8.11. The Bertz CT molecular complexity index is 1120. The number of carbonyl (C=O) groups excluding carboxylic acids is 1. The minimum Gasteiger partial charge on any atom is -0.449 e. The van der Waals surface area contributed by atoms with Crippen molar-refractivity contribution < 1.29 is 18.3 Å². The SMILES string of the molecule is CCc1cc(N2C[C@H]3CC[C@@H](C2)N3C)ccc1Nc1ncc(C(F)F)c(NCCCN2CCCOC2=O)n1. The number of halogens is 2. The van der Waals surface area contributed by atoms with Gasteiger partial charge in [-0.3, -0.25) is 4.90 Å². The van der Waals surface area contributed by atoms with Gasteiger partial charge in [-0.25, -0.2) is 18.6 Å². The van der Waals surface area contributed by atoms with E-state index in [2.05, 4.69) is 56.5 Å². The first kappa shape index (κ1) is 26.4. The highest BCUT2D eigenvalue weighted by molar-refractivity contribution is 5.68. The Morgan fingerprint density at radius 3 is 2.71 bits per heavy atom. The van der Waals surface area contributed by atoms with Gasteiger partial charge >= 0.3 is 6.09 Å². The molecule has 2 bridgehead atoms. The van der Waals surface area contributed by atoms with Crippen LogP contribution in [0.2, 0.25) is 0 Å². The van der Waals surface area contributed by atoms with E-state index in [9.17, 15) is 13.6 Å². The number of aryl methyl sites for hydroxylation is 1. The molecule has 2 atom stereocenters. The molecule has 9 nitrogen and oxygen atoms in total. The lowest BCUT2D eigenvalue weighted by Gasteiger charge is -2.40. The van der Waals surface area contributed by atoms with Crippen molar-refractivity contribution in [2.75, 3.05) is 61.9 Å². The molecule has 4 heterocycles. The predicted molar refractivity (Wildman–Crippen MR) is 144 cm³/mol. The number of amides is 1. The first-order valence-electron chi connectivity index (χ1n) is 13.6. The van der Waals surface area contributed by atoms with Gasteiger partial charge in [-0.2, -0.15) is 4.98 Å². The summed E-state index contributed by atoms with van der Waals surface area (Å²) in [5.41, 5.74) is 2.96. The molecule has 0 spiro atoms. The molecule has 0 aliphatic carbocycles. The molecule has 3 saturated heterocycles. The van der Waals surface area contributed by atoms with E-state index in [4.69, 9.17) is 4.74 Å². The van der Waals surface area contributed by atoms with E-state index in [0.29, 0.717) is 44.7 Å². The second kappa shape index (κ2) is 11.7. The van der Waals surface area contributed by atoms with Crippen LogP contribution in [0.15, 0.2) is 24.4 Å². The molecule has 1 aromatic heterocycles. The smallest absolute Gasteiger partial charge is 0.409 e. The molecule has 11 heteroatoms. The fraction of sp³-hybridized carbons (Fsp3) is 0.593. The van der Waals surface area contributed by atoms with Crippen LogP contribution in [0.25, 0.3) is 0 Å². The summed E-state index contributed by atoms with van der Waals surface area (Å²) >= 11 is 0. The second-order valence-electron chi connectivity index (χ2n) is 10.3. The number of alkyl halides is 2. The maximum atomic E-state index is 13.6. The van der Waals surface area contributed by atoms with Crippen LogP contribution >= 0.6 is 0 Å². The molecule has 5 rings (SSSR count).